The lowest BCUT2D eigenvalue weighted by atomic mass is 10.4. The molecule has 0 radical (unpaired) electrons. The maximum absolute atomic E-state index is 6.08. The first-order valence-corrected chi connectivity index (χ1v) is 14.0. The number of unbranched alkanes of at least 4 members (excludes halogenated alkanes) is 2. The normalized spacial score (nSPS) is 12.0. The first-order valence-electron chi connectivity index (χ1n) is 11.5. The summed E-state index contributed by atoms with van der Waals surface area (Å²) in [7, 11) is -2.80. The first-order chi connectivity index (χ1) is 14.7. The van der Waals surface area contributed by atoms with Crippen molar-refractivity contribution in [2.24, 2.45) is 0 Å². The van der Waals surface area contributed by atoms with Gasteiger partial charge in [0.15, 0.2) is 0 Å². The van der Waals surface area contributed by atoms with Crippen molar-refractivity contribution in [3.8, 4) is 0 Å². The Morgan fingerprint density at radius 3 is 1.37 bits per heavy atom. The SMILES string of the molecule is CCCCOCCOCCO[Si](CCCCl)(OCC)OCCOCCOCCCC. The van der Waals surface area contributed by atoms with Crippen molar-refractivity contribution in [2.45, 2.75) is 58.9 Å². The van der Waals surface area contributed by atoms with Gasteiger partial charge in [-0.05, 0) is 26.2 Å². The standard InChI is InChI=1S/C21H45ClO7Si/c1-4-7-11-23-13-15-25-17-19-28-30(27-6-3,21-9-10-22)29-20-18-26-16-14-24-12-8-5-2/h4-21H2,1-3H3. The fraction of sp³-hybridized carbons (Fsp3) is 1.00. The van der Waals surface area contributed by atoms with Crippen LogP contribution in [0, 0.1) is 0 Å². The number of alkyl halides is 1. The molecular formula is C21H45ClO7Si. The van der Waals surface area contributed by atoms with E-state index in [1.807, 2.05) is 6.92 Å². The van der Waals surface area contributed by atoms with E-state index in [2.05, 4.69) is 13.8 Å². The van der Waals surface area contributed by atoms with E-state index in [9.17, 15) is 0 Å². The smallest absolute Gasteiger partial charge is 0.379 e. The van der Waals surface area contributed by atoms with E-state index in [1.54, 1.807) is 0 Å². The van der Waals surface area contributed by atoms with Gasteiger partial charge in [0.1, 0.15) is 0 Å². The van der Waals surface area contributed by atoms with E-state index >= 15 is 0 Å². The Balaban J connectivity index is 4.08. The molecule has 0 aliphatic rings. The van der Waals surface area contributed by atoms with Crippen molar-refractivity contribution in [3.05, 3.63) is 0 Å². The van der Waals surface area contributed by atoms with Crippen molar-refractivity contribution in [2.75, 3.05) is 78.6 Å². The second-order valence-corrected chi connectivity index (χ2v) is 9.87. The van der Waals surface area contributed by atoms with Gasteiger partial charge in [-0.2, -0.15) is 0 Å². The van der Waals surface area contributed by atoms with E-state index in [-0.39, 0.29) is 0 Å². The molecule has 0 aliphatic carbocycles. The van der Waals surface area contributed by atoms with Crippen LogP contribution in [0.3, 0.4) is 0 Å². The zero-order chi connectivity index (χ0) is 22.2. The molecule has 0 saturated carbocycles. The monoisotopic (exact) mass is 472 g/mol. The van der Waals surface area contributed by atoms with Crippen LogP contribution in [0.25, 0.3) is 0 Å². The molecule has 30 heavy (non-hydrogen) atoms. The minimum absolute atomic E-state index is 0.426. The Labute approximate surface area is 190 Å². The van der Waals surface area contributed by atoms with Gasteiger partial charge in [-0.15, -0.1) is 11.6 Å². The van der Waals surface area contributed by atoms with Crippen LogP contribution in [0.1, 0.15) is 52.9 Å². The quantitative estimate of drug-likeness (QED) is 0.111. The summed E-state index contributed by atoms with van der Waals surface area (Å²) in [6.07, 6.45) is 5.22. The largest absolute Gasteiger partial charge is 0.501 e. The molecule has 0 fully saturated rings. The Hall–Kier alpha value is 0.227. The van der Waals surface area contributed by atoms with Crippen LogP contribution in [0.4, 0.5) is 0 Å². The summed E-state index contributed by atoms with van der Waals surface area (Å²) < 4.78 is 40.2. The van der Waals surface area contributed by atoms with Crippen LogP contribution in [0.2, 0.25) is 6.04 Å². The molecule has 0 saturated heterocycles. The maximum atomic E-state index is 6.08. The minimum Gasteiger partial charge on any atom is -0.379 e. The third-order valence-corrected chi connectivity index (χ3v) is 7.36. The maximum Gasteiger partial charge on any atom is 0.501 e. The van der Waals surface area contributed by atoms with E-state index < -0.39 is 8.80 Å². The van der Waals surface area contributed by atoms with Gasteiger partial charge in [0.25, 0.3) is 0 Å². The molecular weight excluding hydrogens is 428 g/mol. The average Bonchev–Trinajstić information content (AvgIpc) is 2.75. The van der Waals surface area contributed by atoms with Gasteiger partial charge < -0.3 is 32.2 Å². The van der Waals surface area contributed by atoms with Crippen LogP contribution in [-0.2, 0) is 32.2 Å². The Morgan fingerprint density at radius 1 is 0.533 bits per heavy atom. The summed E-state index contributed by atoms with van der Waals surface area (Å²) in [6.45, 7) is 12.5. The third-order valence-electron chi connectivity index (χ3n) is 4.11. The van der Waals surface area contributed by atoms with Crippen LogP contribution < -0.4 is 0 Å². The molecule has 0 bridgehead atoms. The van der Waals surface area contributed by atoms with Crippen molar-refractivity contribution in [1.82, 2.24) is 0 Å². The summed E-state index contributed by atoms with van der Waals surface area (Å²) in [4.78, 5) is 0. The highest BCUT2D eigenvalue weighted by Crippen LogP contribution is 2.18. The zero-order valence-corrected chi connectivity index (χ0v) is 21.2. The van der Waals surface area contributed by atoms with E-state index in [1.165, 1.54) is 0 Å². The molecule has 0 rings (SSSR count). The summed E-state index contributed by atoms with van der Waals surface area (Å²) in [5, 5.41) is 0. The number of halogens is 1. The highest BCUT2D eigenvalue weighted by molar-refractivity contribution is 6.60. The van der Waals surface area contributed by atoms with Gasteiger partial charge in [-0.1, -0.05) is 26.7 Å². The lowest BCUT2D eigenvalue weighted by Crippen LogP contribution is -2.47. The molecule has 182 valence electrons. The Bertz CT molecular complexity index is 318. The lowest BCUT2D eigenvalue weighted by Gasteiger charge is -2.29. The topological polar surface area (TPSA) is 64.6 Å². The summed E-state index contributed by atoms with van der Waals surface area (Å²) in [5.41, 5.74) is 0. The fourth-order valence-corrected chi connectivity index (χ4v) is 5.37. The lowest BCUT2D eigenvalue weighted by molar-refractivity contribution is -0.00387. The highest BCUT2D eigenvalue weighted by atomic mass is 35.5. The van der Waals surface area contributed by atoms with Crippen LogP contribution in [0.5, 0.6) is 0 Å². The molecule has 7 nitrogen and oxygen atoms in total. The predicted molar refractivity (Wildman–Crippen MR) is 123 cm³/mol. The van der Waals surface area contributed by atoms with Crippen LogP contribution in [-0.4, -0.2) is 87.4 Å². The Morgan fingerprint density at radius 2 is 0.967 bits per heavy atom. The molecule has 0 aromatic rings. The van der Waals surface area contributed by atoms with Gasteiger partial charge in [0, 0.05) is 31.7 Å². The number of hydrogen-bond acceptors (Lipinski definition) is 7. The van der Waals surface area contributed by atoms with E-state index in [0.29, 0.717) is 71.4 Å². The van der Waals surface area contributed by atoms with Crippen molar-refractivity contribution in [3.63, 3.8) is 0 Å². The average molecular weight is 473 g/mol. The summed E-state index contributed by atoms with van der Waals surface area (Å²) in [6, 6.07) is 0.685. The fourth-order valence-electron chi connectivity index (χ4n) is 2.49. The molecule has 9 heteroatoms. The van der Waals surface area contributed by atoms with Crippen LogP contribution in [0.15, 0.2) is 0 Å². The molecule has 0 spiro atoms. The number of rotatable bonds is 25. The van der Waals surface area contributed by atoms with Gasteiger partial charge in [0.2, 0.25) is 0 Å². The van der Waals surface area contributed by atoms with Crippen molar-refractivity contribution >= 4 is 20.4 Å². The minimum atomic E-state index is -2.80. The molecule has 0 unspecified atom stereocenters. The van der Waals surface area contributed by atoms with Gasteiger partial charge in [0.05, 0.1) is 52.9 Å². The number of hydrogen-bond donors (Lipinski definition) is 0. The van der Waals surface area contributed by atoms with Crippen molar-refractivity contribution in [1.29, 1.82) is 0 Å². The highest BCUT2D eigenvalue weighted by Gasteiger charge is 2.40. The summed E-state index contributed by atoms with van der Waals surface area (Å²) in [5.74, 6) is 0.547. The molecule has 0 amide bonds. The predicted octanol–water partition coefficient (Wildman–Crippen LogP) is 4.29. The van der Waals surface area contributed by atoms with E-state index in [0.717, 1.165) is 45.3 Å². The molecule has 0 aromatic heterocycles. The van der Waals surface area contributed by atoms with Crippen LogP contribution >= 0.6 is 11.6 Å². The zero-order valence-electron chi connectivity index (χ0n) is 19.5. The third kappa shape index (κ3) is 19.0. The second-order valence-electron chi connectivity index (χ2n) is 6.76. The molecule has 0 aromatic carbocycles. The molecule has 0 atom stereocenters. The van der Waals surface area contributed by atoms with Gasteiger partial charge >= 0.3 is 8.80 Å². The first kappa shape index (κ1) is 30.2. The molecule has 0 aliphatic heterocycles. The van der Waals surface area contributed by atoms with Crippen molar-refractivity contribution < 1.29 is 32.2 Å². The number of ether oxygens (including phenoxy) is 4. The summed E-state index contributed by atoms with van der Waals surface area (Å²) >= 11 is 5.90. The molecule has 0 heterocycles. The van der Waals surface area contributed by atoms with Gasteiger partial charge in [-0.25, -0.2) is 0 Å². The second kappa shape index (κ2) is 23.9. The molecule has 0 N–H and O–H groups in total. The van der Waals surface area contributed by atoms with Gasteiger partial charge in [-0.3, -0.25) is 0 Å². The van der Waals surface area contributed by atoms with E-state index in [4.69, 9.17) is 43.8 Å². The Kier molecular flexibility index (Phi) is 24.1.